The number of carboxylic acid groups (broad SMARTS) is 1. The van der Waals surface area contributed by atoms with E-state index in [9.17, 15) is 9.59 Å². The van der Waals surface area contributed by atoms with Crippen molar-refractivity contribution in [1.82, 2.24) is 10.2 Å². The predicted molar refractivity (Wildman–Crippen MR) is 104 cm³/mol. The maximum absolute atomic E-state index is 12.2. The Labute approximate surface area is 158 Å². The van der Waals surface area contributed by atoms with Crippen LogP contribution in [0.2, 0.25) is 25.7 Å². The van der Waals surface area contributed by atoms with Crippen molar-refractivity contribution in [3.63, 3.8) is 0 Å². The molecule has 8 heteroatoms. The monoisotopic (exact) mass is 388 g/mol. The zero-order chi connectivity index (χ0) is 19.9. The van der Waals surface area contributed by atoms with Crippen molar-refractivity contribution in [2.45, 2.75) is 77.0 Å². The molecule has 2 unspecified atom stereocenters. The van der Waals surface area contributed by atoms with Gasteiger partial charge >= 0.3 is 12.2 Å². The first kappa shape index (κ1) is 22.8. The molecule has 152 valence electrons. The number of carbonyl (C=O) groups is 2. The Hall–Kier alpha value is -1.28. The standard InChI is InChI=1S/C18H36N2O5Si/c1-13-9-15(10-14(2)25-13)11-16(19-17(21)22)12-20(3)18(23)24-7-8-26(4,5)6/h13-16,19H,7-12H2,1-6H3,(H,21,22)/t13-,14?,15?,16+/m1/s1. The van der Waals surface area contributed by atoms with Crippen LogP contribution in [0, 0.1) is 5.92 Å². The average Bonchev–Trinajstić information content (AvgIpc) is 2.43. The smallest absolute Gasteiger partial charge is 0.409 e. The Morgan fingerprint density at radius 3 is 2.35 bits per heavy atom. The van der Waals surface area contributed by atoms with Crippen LogP contribution in [0.1, 0.15) is 33.1 Å². The Morgan fingerprint density at radius 1 is 1.27 bits per heavy atom. The minimum Gasteiger partial charge on any atom is -0.465 e. The Morgan fingerprint density at radius 2 is 1.85 bits per heavy atom. The summed E-state index contributed by atoms with van der Waals surface area (Å²) < 4.78 is 11.1. The molecular formula is C18H36N2O5Si. The number of hydrogen-bond acceptors (Lipinski definition) is 4. The second kappa shape index (κ2) is 10.2. The molecule has 1 heterocycles. The lowest BCUT2D eigenvalue weighted by Crippen LogP contribution is -2.46. The SMILES string of the molecule is CC1CC(C[C@@H](CN(C)C(=O)OCC[Si](C)(C)C)NC(=O)O)C[C@@H](C)O1. The summed E-state index contributed by atoms with van der Waals surface area (Å²) in [6.07, 6.45) is 1.41. The lowest BCUT2D eigenvalue weighted by Gasteiger charge is -2.34. The summed E-state index contributed by atoms with van der Waals surface area (Å²) in [6.45, 7) is 11.5. The third-order valence-electron chi connectivity index (χ3n) is 4.62. The first-order valence-electron chi connectivity index (χ1n) is 9.49. The highest BCUT2D eigenvalue weighted by Gasteiger charge is 2.28. The number of amides is 2. The zero-order valence-electron chi connectivity index (χ0n) is 17.1. The van der Waals surface area contributed by atoms with Crippen LogP contribution in [0.3, 0.4) is 0 Å². The van der Waals surface area contributed by atoms with Gasteiger partial charge in [0, 0.05) is 21.7 Å². The molecule has 1 aliphatic heterocycles. The third-order valence-corrected chi connectivity index (χ3v) is 6.33. The number of nitrogens with zero attached hydrogens (tertiary/aromatic N) is 1. The van der Waals surface area contributed by atoms with Gasteiger partial charge < -0.3 is 24.8 Å². The lowest BCUT2D eigenvalue weighted by molar-refractivity contribution is -0.0551. The molecule has 4 atom stereocenters. The van der Waals surface area contributed by atoms with E-state index in [1.54, 1.807) is 7.05 Å². The summed E-state index contributed by atoms with van der Waals surface area (Å²) in [5, 5.41) is 11.7. The van der Waals surface area contributed by atoms with Crippen LogP contribution in [-0.4, -0.2) is 68.7 Å². The van der Waals surface area contributed by atoms with E-state index in [1.165, 1.54) is 4.90 Å². The number of likely N-dealkylation sites (N-methyl/N-ethyl adjacent to an activating group) is 1. The number of hydrogen-bond donors (Lipinski definition) is 2. The molecular weight excluding hydrogens is 352 g/mol. The highest BCUT2D eigenvalue weighted by Crippen LogP contribution is 2.28. The second-order valence-electron chi connectivity index (χ2n) is 8.78. The summed E-state index contributed by atoms with van der Waals surface area (Å²) >= 11 is 0. The van der Waals surface area contributed by atoms with Gasteiger partial charge in [0.2, 0.25) is 0 Å². The van der Waals surface area contributed by atoms with Gasteiger partial charge in [0.15, 0.2) is 0 Å². The van der Waals surface area contributed by atoms with Crippen LogP contribution < -0.4 is 5.32 Å². The maximum atomic E-state index is 12.2. The first-order valence-corrected chi connectivity index (χ1v) is 13.2. The quantitative estimate of drug-likeness (QED) is 0.620. The van der Waals surface area contributed by atoms with Crippen molar-refractivity contribution in [2.24, 2.45) is 5.92 Å². The molecule has 0 spiro atoms. The van der Waals surface area contributed by atoms with Gasteiger partial charge in [-0.3, -0.25) is 0 Å². The number of ether oxygens (including phenoxy) is 2. The van der Waals surface area contributed by atoms with Crippen molar-refractivity contribution in [2.75, 3.05) is 20.2 Å². The van der Waals surface area contributed by atoms with Gasteiger partial charge in [0.1, 0.15) is 0 Å². The van der Waals surface area contributed by atoms with Gasteiger partial charge in [-0.2, -0.15) is 0 Å². The van der Waals surface area contributed by atoms with Crippen LogP contribution in [0.25, 0.3) is 0 Å². The van der Waals surface area contributed by atoms with E-state index in [4.69, 9.17) is 14.6 Å². The summed E-state index contributed by atoms with van der Waals surface area (Å²) in [4.78, 5) is 24.8. The molecule has 0 saturated carbocycles. The molecule has 1 saturated heterocycles. The van der Waals surface area contributed by atoms with E-state index in [1.807, 2.05) is 13.8 Å². The van der Waals surface area contributed by atoms with Crippen LogP contribution in [0.5, 0.6) is 0 Å². The molecule has 2 N–H and O–H groups in total. The lowest BCUT2D eigenvalue weighted by atomic mass is 9.87. The molecule has 26 heavy (non-hydrogen) atoms. The molecule has 1 aliphatic rings. The topological polar surface area (TPSA) is 88.1 Å². The van der Waals surface area contributed by atoms with Gasteiger partial charge in [-0.05, 0) is 45.1 Å². The molecule has 1 fully saturated rings. The van der Waals surface area contributed by atoms with Crippen molar-refractivity contribution < 1.29 is 24.2 Å². The zero-order valence-corrected chi connectivity index (χ0v) is 18.1. The molecule has 1 rings (SSSR count). The van der Waals surface area contributed by atoms with Gasteiger partial charge in [-0.1, -0.05) is 19.6 Å². The van der Waals surface area contributed by atoms with Crippen LogP contribution in [0.15, 0.2) is 0 Å². The number of carbonyl (C=O) groups excluding carboxylic acids is 1. The maximum Gasteiger partial charge on any atom is 0.409 e. The second-order valence-corrected chi connectivity index (χ2v) is 14.4. The fourth-order valence-electron chi connectivity index (χ4n) is 3.45. The van der Waals surface area contributed by atoms with Gasteiger partial charge in [-0.15, -0.1) is 0 Å². The highest BCUT2D eigenvalue weighted by atomic mass is 28.3. The van der Waals surface area contributed by atoms with Gasteiger partial charge in [0.25, 0.3) is 0 Å². The molecule has 0 aliphatic carbocycles. The van der Waals surface area contributed by atoms with Crippen LogP contribution >= 0.6 is 0 Å². The normalized spacial score (nSPS) is 24.6. The Kier molecular flexibility index (Phi) is 8.89. The molecule has 0 radical (unpaired) electrons. The van der Waals surface area contributed by atoms with E-state index >= 15 is 0 Å². The summed E-state index contributed by atoms with van der Waals surface area (Å²) in [7, 11) is 0.402. The van der Waals surface area contributed by atoms with E-state index in [-0.39, 0.29) is 18.2 Å². The fraction of sp³-hybridized carbons (Fsp3) is 0.889. The van der Waals surface area contributed by atoms with E-state index in [0.29, 0.717) is 25.5 Å². The fourth-order valence-corrected chi connectivity index (χ4v) is 4.17. The van der Waals surface area contributed by atoms with Crippen molar-refractivity contribution >= 4 is 20.3 Å². The minimum absolute atomic E-state index is 0.179. The number of rotatable bonds is 8. The third kappa shape index (κ3) is 9.42. The first-order chi connectivity index (χ1) is 12.0. The van der Waals surface area contributed by atoms with Crippen LogP contribution in [0.4, 0.5) is 9.59 Å². The molecule has 0 bridgehead atoms. The van der Waals surface area contributed by atoms with Crippen molar-refractivity contribution in [3.8, 4) is 0 Å². The Bertz CT molecular complexity index is 459. The average molecular weight is 389 g/mol. The predicted octanol–water partition coefficient (Wildman–Crippen LogP) is 3.62. The summed E-state index contributed by atoms with van der Waals surface area (Å²) in [5.41, 5.74) is 0. The highest BCUT2D eigenvalue weighted by molar-refractivity contribution is 6.76. The van der Waals surface area contributed by atoms with E-state index < -0.39 is 20.3 Å². The molecule has 7 nitrogen and oxygen atoms in total. The van der Waals surface area contributed by atoms with Crippen molar-refractivity contribution in [1.29, 1.82) is 0 Å². The van der Waals surface area contributed by atoms with Crippen LogP contribution in [-0.2, 0) is 9.47 Å². The van der Waals surface area contributed by atoms with Crippen molar-refractivity contribution in [3.05, 3.63) is 0 Å². The molecule has 2 amide bonds. The Balaban J connectivity index is 2.54. The largest absolute Gasteiger partial charge is 0.465 e. The molecule has 0 aromatic rings. The molecule has 0 aromatic carbocycles. The summed E-state index contributed by atoms with van der Waals surface area (Å²) in [6, 6.07) is 0.603. The minimum atomic E-state index is -1.25. The van der Waals surface area contributed by atoms with E-state index in [0.717, 1.165) is 18.9 Å². The van der Waals surface area contributed by atoms with E-state index in [2.05, 4.69) is 25.0 Å². The summed E-state index contributed by atoms with van der Waals surface area (Å²) in [5.74, 6) is 0.377. The number of nitrogens with one attached hydrogen (secondary N) is 1. The van der Waals surface area contributed by atoms with Gasteiger partial charge in [0.05, 0.1) is 24.9 Å². The molecule has 0 aromatic heterocycles. The van der Waals surface area contributed by atoms with Gasteiger partial charge in [-0.25, -0.2) is 9.59 Å².